The van der Waals surface area contributed by atoms with Crippen molar-refractivity contribution in [1.29, 1.82) is 5.26 Å². The SMILES string of the molecule is CCOC(=O)C1=C(C)N(c2cccc(C(F)(F)F)c2)C(=O)C(C(=O)c2ccccc2)C1c1ccc(C#N)cc1. The molecule has 39 heavy (non-hydrogen) atoms. The van der Waals surface area contributed by atoms with E-state index in [4.69, 9.17) is 4.74 Å². The third-order valence-corrected chi connectivity index (χ3v) is 6.52. The summed E-state index contributed by atoms with van der Waals surface area (Å²) in [5.41, 5.74) is -0.187. The molecular formula is C30H23F3N2O4. The summed E-state index contributed by atoms with van der Waals surface area (Å²) in [5, 5.41) is 9.23. The van der Waals surface area contributed by atoms with Crippen molar-refractivity contribution in [3.8, 4) is 6.07 Å². The molecule has 3 aromatic rings. The molecule has 0 spiro atoms. The van der Waals surface area contributed by atoms with Crippen molar-refractivity contribution >= 4 is 23.3 Å². The molecule has 2 unspecified atom stereocenters. The summed E-state index contributed by atoms with van der Waals surface area (Å²) in [6.07, 6.45) is -4.68. The molecule has 1 aliphatic heterocycles. The minimum atomic E-state index is -4.68. The number of nitriles is 1. The van der Waals surface area contributed by atoms with Crippen LogP contribution in [0, 0.1) is 17.2 Å². The van der Waals surface area contributed by atoms with Crippen LogP contribution in [0.15, 0.2) is 90.1 Å². The van der Waals surface area contributed by atoms with Crippen molar-refractivity contribution < 1.29 is 32.3 Å². The van der Waals surface area contributed by atoms with Crippen molar-refractivity contribution in [2.24, 2.45) is 5.92 Å². The van der Waals surface area contributed by atoms with Crippen LogP contribution in [0.1, 0.15) is 46.8 Å². The number of ether oxygens (including phenoxy) is 1. The fourth-order valence-corrected chi connectivity index (χ4v) is 4.75. The van der Waals surface area contributed by atoms with Crippen LogP contribution < -0.4 is 4.90 Å². The molecule has 1 aliphatic rings. The highest BCUT2D eigenvalue weighted by atomic mass is 19.4. The maximum Gasteiger partial charge on any atom is 0.416 e. The van der Waals surface area contributed by atoms with E-state index >= 15 is 0 Å². The number of amides is 1. The van der Waals surface area contributed by atoms with E-state index in [-0.39, 0.29) is 29.1 Å². The molecule has 0 aliphatic carbocycles. The van der Waals surface area contributed by atoms with Gasteiger partial charge >= 0.3 is 12.1 Å². The Morgan fingerprint density at radius 1 is 1.00 bits per heavy atom. The number of anilines is 1. The molecule has 1 amide bonds. The van der Waals surface area contributed by atoms with Gasteiger partial charge in [0.15, 0.2) is 5.78 Å². The predicted octanol–water partition coefficient (Wildman–Crippen LogP) is 6.04. The highest BCUT2D eigenvalue weighted by Crippen LogP contribution is 2.44. The third kappa shape index (κ3) is 5.32. The molecule has 0 aromatic heterocycles. The number of halogens is 3. The molecule has 4 rings (SSSR count). The van der Waals surface area contributed by atoms with Crippen molar-refractivity contribution in [3.63, 3.8) is 0 Å². The number of alkyl halides is 3. The second-order valence-electron chi connectivity index (χ2n) is 8.86. The van der Waals surface area contributed by atoms with Crippen molar-refractivity contribution in [1.82, 2.24) is 0 Å². The van der Waals surface area contributed by atoms with E-state index < -0.39 is 41.2 Å². The molecule has 0 saturated heterocycles. The second-order valence-corrected chi connectivity index (χ2v) is 8.86. The Balaban J connectivity index is 2.00. The van der Waals surface area contributed by atoms with Crippen LogP contribution in [0.25, 0.3) is 0 Å². The fourth-order valence-electron chi connectivity index (χ4n) is 4.75. The molecule has 6 nitrogen and oxygen atoms in total. The number of nitrogens with zero attached hydrogens (tertiary/aromatic N) is 2. The predicted molar refractivity (Wildman–Crippen MR) is 136 cm³/mol. The van der Waals surface area contributed by atoms with Gasteiger partial charge in [0.25, 0.3) is 0 Å². The normalized spacial score (nSPS) is 17.5. The van der Waals surface area contributed by atoms with Crippen LogP contribution in [0.4, 0.5) is 18.9 Å². The highest BCUT2D eigenvalue weighted by Gasteiger charge is 2.49. The smallest absolute Gasteiger partial charge is 0.416 e. The first-order chi connectivity index (χ1) is 18.6. The molecule has 2 atom stereocenters. The van der Waals surface area contributed by atoms with Crippen LogP contribution in [0.5, 0.6) is 0 Å². The van der Waals surface area contributed by atoms with Gasteiger partial charge in [-0.05, 0) is 49.7 Å². The number of ketones is 1. The van der Waals surface area contributed by atoms with Gasteiger partial charge in [-0.2, -0.15) is 18.4 Å². The molecule has 198 valence electrons. The van der Waals surface area contributed by atoms with Gasteiger partial charge in [0, 0.05) is 22.9 Å². The largest absolute Gasteiger partial charge is 0.463 e. The third-order valence-electron chi connectivity index (χ3n) is 6.52. The Morgan fingerprint density at radius 3 is 2.26 bits per heavy atom. The lowest BCUT2D eigenvalue weighted by Crippen LogP contribution is -2.48. The van der Waals surface area contributed by atoms with E-state index in [1.54, 1.807) is 37.3 Å². The standard InChI is InChI=1S/C30H23F3N2O4/c1-3-39-29(38)24-18(2)35(23-11-7-10-22(16-23)30(31,32)33)28(37)26(27(36)21-8-5-4-6-9-21)25(24)20-14-12-19(17-34)13-15-20/h4-16,25-26H,3H2,1-2H3. The minimum Gasteiger partial charge on any atom is -0.463 e. The summed E-state index contributed by atoms with van der Waals surface area (Å²) in [4.78, 5) is 42.4. The van der Waals surface area contributed by atoms with E-state index in [2.05, 4.69) is 0 Å². The Hall–Kier alpha value is -4.71. The molecule has 0 radical (unpaired) electrons. The summed E-state index contributed by atoms with van der Waals surface area (Å²) in [5.74, 6) is -4.82. The quantitative estimate of drug-likeness (QED) is 0.219. The number of carbonyl (C=O) groups is 3. The molecular weight excluding hydrogens is 509 g/mol. The summed E-state index contributed by atoms with van der Waals surface area (Å²) in [6.45, 7) is 3.02. The zero-order chi connectivity index (χ0) is 28.3. The Bertz CT molecular complexity index is 1490. The molecule has 0 fully saturated rings. The number of rotatable bonds is 6. The average molecular weight is 533 g/mol. The van der Waals surface area contributed by atoms with Gasteiger partial charge in [0.2, 0.25) is 5.91 Å². The topological polar surface area (TPSA) is 87.5 Å². The minimum absolute atomic E-state index is 0.00942. The van der Waals surface area contributed by atoms with Gasteiger partial charge in [-0.1, -0.05) is 48.5 Å². The van der Waals surface area contributed by atoms with Crippen LogP contribution in [0.2, 0.25) is 0 Å². The second kappa shape index (κ2) is 11.0. The van der Waals surface area contributed by atoms with Crippen LogP contribution in [-0.4, -0.2) is 24.3 Å². The number of esters is 1. The van der Waals surface area contributed by atoms with E-state index in [1.165, 1.54) is 37.3 Å². The highest BCUT2D eigenvalue weighted by molar-refractivity contribution is 6.19. The van der Waals surface area contributed by atoms with Gasteiger partial charge in [-0.3, -0.25) is 14.5 Å². The van der Waals surface area contributed by atoms with Gasteiger partial charge in [-0.25, -0.2) is 4.79 Å². The number of hydrogen-bond acceptors (Lipinski definition) is 5. The zero-order valence-corrected chi connectivity index (χ0v) is 21.0. The number of benzene rings is 3. The van der Waals surface area contributed by atoms with Crippen LogP contribution in [0.3, 0.4) is 0 Å². The van der Waals surface area contributed by atoms with Crippen LogP contribution in [-0.2, 0) is 20.5 Å². The van der Waals surface area contributed by atoms with Crippen molar-refractivity contribution in [2.45, 2.75) is 25.9 Å². The summed E-state index contributed by atoms with van der Waals surface area (Å²) < 4.78 is 45.9. The lowest BCUT2D eigenvalue weighted by molar-refractivity contribution is -0.139. The number of carbonyl (C=O) groups excluding carboxylic acids is 3. The maximum absolute atomic E-state index is 14.1. The van der Waals surface area contributed by atoms with Gasteiger partial charge < -0.3 is 4.74 Å². The molecule has 0 saturated carbocycles. The van der Waals surface area contributed by atoms with E-state index in [0.29, 0.717) is 11.1 Å². The number of Topliss-reactive ketones (excluding diaryl/α,β-unsaturated/α-hetero) is 1. The van der Waals surface area contributed by atoms with Crippen LogP contribution >= 0.6 is 0 Å². The Kier molecular flexibility index (Phi) is 7.68. The monoisotopic (exact) mass is 532 g/mol. The summed E-state index contributed by atoms with van der Waals surface area (Å²) >= 11 is 0. The van der Waals surface area contributed by atoms with E-state index in [0.717, 1.165) is 23.1 Å². The van der Waals surface area contributed by atoms with Gasteiger partial charge in [0.05, 0.1) is 29.4 Å². The first kappa shape index (κ1) is 27.3. The Morgan fingerprint density at radius 2 is 1.67 bits per heavy atom. The number of hydrogen-bond donors (Lipinski definition) is 0. The summed E-state index contributed by atoms with van der Waals surface area (Å²) in [7, 11) is 0. The van der Waals surface area contributed by atoms with Crippen molar-refractivity contribution in [2.75, 3.05) is 11.5 Å². The Labute approximate surface area is 222 Å². The first-order valence-electron chi connectivity index (χ1n) is 12.1. The van der Waals surface area contributed by atoms with E-state index in [1.807, 2.05) is 6.07 Å². The lowest BCUT2D eigenvalue weighted by atomic mass is 9.72. The molecule has 3 aromatic carbocycles. The fraction of sp³-hybridized carbons (Fsp3) is 0.200. The zero-order valence-electron chi connectivity index (χ0n) is 21.0. The lowest BCUT2D eigenvalue weighted by Gasteiger charge is -2.39. The summed E-state index contributed by atoms with van der Waals surface area (Å²) in [6, 6.07) is 20.2. The van der Waals surface area contributed by atoms with Gasteiger partial charge in [-0.15, -0.1) is 0 Å². The molecule has 0 bridgehead atoms. The van der Waals surface area contributed by atoms with Crippen molar-refractivity contribution in [3.05, 3.63) is 112 Å². The average Bonchev–Trinajstić information content (AvgIpc) is 2.93. The number of allylic oxidation sites excluding steroid dienone is 1. The molecule has 9 heteroatoms. The molecule has 0 N–H and O–H groups in total. The molecule has 1 heterocycles. The van der Waals surface area contributed by atoms with E-state index in [9.17, 15) is 32.8 Å². The first-order valence-corrected chi connectivity index (χ1v) is 12.1. The maximum atomic E-state index is 14.1. The van der Waals surface area contributed by atoms with Gasteiger partial charge in [0.1, 0.15) is 5.92 Å².